The highest BCUT2D eigenvalue weighted by Crippen LogP contribution is 2.24. The molecule has 24 heavy (non-hydrogen) atoms. The van der Waals surface area contributed by atoms with Crippen LogP contribution in [0.2, 0.25) is 0 Å². The van der Waals surface area contributed by atoms with Gasteiger partial charge in [0.1, 0.15) is 5.82 Å². The lowest BCUT2D eigenvalue weighted by molar-refractivity contribution is 0.0952. The van der Waals surface area contributed by atoms with Crippen LogP contribution in [0.3, 0.4) is 0 Å². The summed E-state index contributed by atoms with van der Waals surface area (Å²) in [5.41, 5.74) is 4.11. The number of pyridine rings is 1. The van der Waals surface area contributed by atoms with E-state index in [2.05, 4.69) is 61.5 Å². The first kappa shape index (κ1) is 18.0. The molecule has 2 rings (SSSR count). The molecule has 1 amide bonds. The van der Waals surface area contributed by atoms with Crippen molar-refractivity contribution in [3.05, 3.63) is 53.2 Å². The van der Waals surface area contributed by atoms with Crippen molar-refractivity contribution in [3.8, 4) is 0 Å². The van der Waals surface area contributed by atoms with Crippen LogP contribution in [0.5, 0.6) is 0 Å². The Balaban J connectivity index is 2.12. The summed E-state index contributed by atoms with van der Waals surface area (Å²) in [7, 11) is 0. The Labute approximate surface area is 144 Å². The van der Waals surface area contributed by atoms with Crippen LogP contribution in [0.1, 0.15) is 48.7 Å². The molecule has 4 nitrogen and oxygen atoms in total. The van der Waals surface area contributed by atoms with Gasteiger partial charge in [0.05, 0.1) is 0 Å². The summed E-state index contributed by atoms with van der Waals surface area (Å²) in [6.07, 6.45) is 3.59. The van der Waals surface area contributed by atoms with Crippen molar-refractivity contribution < 1.29 is 4.79 Å². The topological polar surface area (TPSA) is 54.0 Å². The number of hydrogen-bond acceptors (Lipinski definition) is 3. The van der Waals surface area contributed by atoms with Crippen LogP contribution in [0, 0.1) is 12.8 Å². The summed E-state index contributed by atoms with van der Waals surface area (Å²) in [6, 6.07) is 9.79. The molecule has 1 aromatic carbocycles. The molecule has 0 unspecified atom stereocenters. The van der Waals surface area contributed by atoms with Gasteiger partial charge in [0.2, 0.25) is 0 Å². The molecule has 0 aliphatic carbocycles. The molecule has 4 heteroatoms. The molecule has 0 fully saturated rings. The number of nitrogens with one attached hydrogen (secondary N) is 2. The minimum Gasteiger partial charge on any atom is -0.352 e. The lowest BCUT2D eigenvalue weighted by Crippen LogP contribution is -2.25. The van der Waals surface area contributed by atoms with E-state index >= 15 is 0 Å². The Morgan fingerprint density at radius 1 is 1.25 bits per heavy atom. The zero-order chi connectivity index (χ0) is 17.5. The number of amides is 1. The second kappa shape index (κ2) is 8.48. The molecule has 2 aromatic rings. The minimum absolute atomic E-state index is 0.0541. The largest absolute Gasteiger partial charge is 0.352 e. The van der Waals surface area contributed by atoms with Crippen LogP contribution in [-0.2, 0) is 6.42 Å². The number of hydrogen-bond donors (Lipinski definition) is 2. The molecule has 0 spiro atoms. The van der Waals surface area contributed by atoms with Gasteiger partial charge in [-0.05, 0) is 48.9 Å². The van der Waals surface area contributed by atoms with E-state index in [-0.39, 0.29) is 5.91 Å². The first-order valence-corrected chi connectivity index (χ1v) is 8.61. The van der Waals surface area contributed by atoms with E-state index in [1.54, 1.807) is 18.3 Å². The van der Waals surface area contributed by atoms with Gasteiger partial charge in [0.15, 0.2) is 0 Å². The van der Waals surface area contributed by atoms with Gasteiger partial charge in [0, 0.05) is 24.0 Å². The molecule has 1 aromatic heterocycles. The molecule has 0 saturated carbocycles. The van der Waals surface area contributed by atoms with Gasteiger partial charge in [-0.3, -0.25) is 4.79 Å². The van der Waals surface area contributed by atoms with E-state index in [1.807, 2.05) is 0 Å². The van der Waals surface area contributed by atoms with Gasteiger partial charge in [0.25, 0.3) is 5.91 Å². The molecule has 128 valence electrons. The fraction of sp³-hybridized carbons (Fsp3) is 0.400. The number of aryl methyl sites for hydroxylation is 2. The van der Waals surface area contributed by atoms with E-state index in [0.717, 1.165) is 18.5 Å². The Morgan fingerprint density at radius 3 is 2.75 bits per heavy atom. The fourth-order valence-electron chi connectivity index (χ4n) is 2.55. The summed E-state index contributed by atoms with van der Waals surface area (Å²) < 4.78 is 0. The van der Waals surface area contributed by atoms with E-state index in [4.69, 9.17) is 0 Å². The Hall–Kier alpha value is -2.36. The van der Waals surface area contributed by atoms with Gasteiger partial charge in [-0.2, -0.15) is 0 Å². The molecular formula is C20H27N3O. The summed E-state index contributed by atoms with van der Waals surface area (Å²) in [4.78, 5) is 16.6. The summed E-state index contributed by atoms with van der Waals surface area (Å²) in [5, 5.41) is 6.33. The highest BCUT2D eigenvalue weighted by atomic mass is 16.1. The molecule has 0 atom stereocenters. The SMILES string of the molecule is CCc1cccc(C)c1Nc1cc(C(=O)NCCC(C)C)ccn1. The number of carbonyl (C=O) groups excluding carboxylic acids is 1. The highest BCUT2D eigenvalue weighted by Gasteiger charge is 2.09. The van der Waals surface area contributed by atoms with Crippen molar-refractivity contribution in [2.24, 2.45) is 5.92 Å². The molecule has 2 N–H and O–H groups in total. The number of para-hydroxylation sites is 1. The van der Waals surface area contributed by atoms with E-state index in [9.17, 15) is 4.79 Å². The predicted molar refractivity (Wildman–Crippen MR) is 99.9 cm³/mol. The zero-order valence-electron chi connectivity index (χ0n) is 15.0. The predicted octanol–water partition coefficient (Wildman–Crippen LogP) is 4.47. The maximum Gasteiger partial charge on any atom is 0.251 e. The average molecular weight is 325 g/mol. The number of rotatable bonds is 7. The maximum absolute atomic E-state index is 12.3. The van der Waals surface area contributed by atoms with Gasteiger partial charge < -0.3 is 10.6 Å². The molecule has 0 bridgehead atoms. The average Bonchev–Trinajstić information content (AvgIpc) is 2.56. The van der Waals surface area contributed by atoms with Crippen LogP contribution in [0.15, 0.2) is 36.5 Å². The first-order valence-electron chi connectivity index (χ1n) is 8.61. The van der Waals surface area contributed by atoms with Crippen LogP contribution in [-0.4, -0.2) is 17.4 Å². The van der Waals surface area contributed by atoms with Crippen molar-refractivity contribution in [2.45, 2.75) is 40.5 Å². The van der Waals surface area contributed by atoms with Crippen molar-refractivity contribution in [1.82, 2.24) is 10.3 Å². The minimum atomic E-state index is -0.0541. The van der Waals surface area contributed by atoms with Gasteiger partial charge in [-0.15, -0.1) is 0 Å². The zero-order valence-corrected chi connectivity index (χ0v) is 15.0. The second-order valence-electron chi connectivity index (χ2n) is 6.46. The van der Waals surface area contributed by atoms with Crippen LogP contribution in [0.4, 0.5) is 11.5 Å². The fourth-order valence-corrected chi connectivity index (χ4v) is 2.55. The van der Waals surface area contributed by atoms with Crippen LogP contribution < -0.4 is 10.6 Å². The lowest BCUT2D eigenvalue weighted by atomic mass is 10.1. The number of benzene rings is 1. The monoisotopic (exact) mass is 325 g/mol. The van der Waals surface area contributed by atoms with Crippen molar-refractivity contribution in [3.63, 3.8) is 0 Å². The number of anilines is 2. The Kier molecular flexibility index (Phi) is 6.36. The van der Waals surface area contributed by atoms with E-state index < -0.39 is 0 Å². The smallest absolute Gasteiger partial charge is 0.251 e. The maximum atomic E-state index is 12.3. The summed E-state index contributed by atoms with van der Waals surface area (Å²) in [6.45, 7) is 9.19. The van der Waals surface area contributed by atoms with Gasteiger partial charge in [-0.25, -0.2) is 4.98 Å². The standard InChI is InChI=1S/C20H27N3O/c1-5-16-8-6-7-15(4)19(16)23-18-13-17(10-12-21-18)20(24)22-11-9-14(2)3/h6-8,10,12-14H,5,9,11H2,1-4H3,(H,21,23)(H,22,24). The number of carbonyl (C=O) groups is 1. The van der Waals surface area contributed by atoms with Crippen molar-refractivity contribution in [1.29, 1.82) is 0 Å². The molecular weight excluding hydrogens is 298 g/mol. The third kappa shape index (κ3) is 4.82. The van der Waals surface area contributed by atoms with Gasteiger partial charge >= 0.3 is 0 Å². The second-order valence-corrected chi connectivity index (χ2v) is 6.46. The quantitative estimate of drug-likeness (QED) is 0.789. The lowest BCUT2D eigenvalue weighted by Gasteiger charge is -2.14. The number of aromatic nitrogens is 1. The summed E-state index contributed by atoms with van der Waals surface area (Å²) >= 11 is 0. The van der Waals surface area contributed by atoms with Gasteiger partial charge in [-0.1, -0.05) is 39.0 Å². The van der Waals surface area contributed by atoms with Crippen molar-refractivity contribution in [2.75, 3.05) is 11.9 Å². The van der Waals surface area contributed by atoms with Crippen LogP contribution in [0.25, 0.3) is 0 Å². The third-order valence-electron chi connectivity index (χ3n) is 4.02. The Morgan fingerprint density at radius 2 is 2.04 bits per heavy atom. The summed E-state index contributed by atoms with van der Waals surface area (Å²) in [5.74, 6) is 1.21. The number of nitrogens with zero attached hydrogens (tertiary/aromatic N) is 1. The normalized spacial score (nSPS) is 10.7. The van der Waals surface area contributed by atoms with Crippen molar-refractivity contribution >= 4 is 17.4 Å². The van der Waals surface area contributed by atoms with E-state index in [1.165, 1.54) is 11.1 Å². The molecule has 0 aliphatic rings. The molecule has 0 radical (unpaired) electrons. The highest BCUT2D eigenvalue weighted by molar-refractivity contribution is 5.94. The van der Waals surface area contributed by atoms with E-state index in [0.29, 0.717) is 23.8 Å². The Bertz CT molecular complexity index is 695. The molecule has 0 saturated heterocycles. The first-order chi connectivity index (χ1) is 11.5. The molecule has 0 aliphatic heterocycles. The van der Waals surface area contributed by atoms with Crippen LogP contribution >= 0.6 is 0 Å². The third-order valence-corrected chi connectivity index (χ3v) is 4.02. The molecule has 1 heterocycles.